The van der Waals surface area contributed by atoms with Crippen molar-refractivity contribution in [3.05, 3.63) is 71.7 Å². The molecular weight excluding hydrogens is 300 g/mol. The smallest absolute Gasteiger partial charge is 0.155 e. The Kier molecular flexibility index (Phi) is 3.55. The third-order valence-electron chi connectivity index (χ3n) is 3.53. The number of anilines is 2. The Morgan fingerprint density at radius 3 is 2.54 bits per heavy atom. The maximum atomic E-state index is 4.57. The molecule has 0 aliphatic rings. The van der Waals surface area contributed by atoms with Crippen molar-refractivity contribution in [2.75, 3.05) is 5.32 Å². The third kappa shape index (κ3) is 2.89. The predicted octanol–water partition coefficient (Wildman–Crippen LogP) is 4.74. The van der Waals surface area contributed by atoms with Crippen molar-refractivity contribution in [3.63, 3.8) is 0 Å². The highest BCUT2D eigenvalue weighted by Gasteiger charge is 2.04. The normalized spacial score (nSPS) is 10.7. The van der Waals surface area contributed by atoms with Crippen LogP contribution >= 0.6 is 0 Å². The minimum absolute atomic E-state index is 0.505. The Bertz CT molecular complexity index is 977. The van der Waals surface area contributed by atoms with E-state index in [-0.39, 0.29) is 0 Å². The van der Waals surface area contributed by atoms with Crippen molar-refractivity contribution in [1.29, 1.82) is 0 Å². The van der Waals surface area contributed by atoms with Crippen LogP contribution in [-0.4, -0.2) is 20.2 Å². The summed E-state index contributed by atoms with van der Waals surface area (Å²) in [6.07, 6.45) is 0. The molecule has 6 nitrogen and oxygen atoms in total. The van der Waals surface area contributed by atoms with Gasteiger partial charge in [0.25, 0.3) is 0 Å². The molecule has 6 heteroatoms. The largest absolute Gasteiger partial charge is 0.356 e. The molecule has 2 aromatic carbocycles. The number of fused-ring (bicyclic) bond motifs is 1. The second-order valence-electron chi connectivity index (χ2n) is 5.40. The van der Waals surface area contributed by atoms with Crippen molar-refractivity contribution in [1.82, 2.24) is 20.2 Å². The van der Waals surface area contributed by atoms with Crippen LogP contribution in [-0.2, 0) is 0 Å². The van der Waals surface area contributed by atoms with Gasteiger partial charge in [0.2, 0.25) is 0 Å². The monoisotopic (exact) mass is 315 g/mol. The van der Waals surface area contributed by atoms with Gasteiger partial charge in [-0.3, -0.25) is 0 Å². The van der Waals surface area contributed by atoms with Crippen molar-refractivity contribution >= 4 is 34.2 Å². The zero-order valence-corrected chi connectivity index (χ0v) is 13.1. The van der Waals surface area contributed by atoms with Gasteiger partial charge < -0.3 is 25.8 Å². The summed E-state index contributed by atoms with van der Waals surface area (Å²) in [4.78, 5) is 9.13. The highest BCUT2D eigenvalue weighted by Crippen LogP contribution is 2.34. The molecule has 4 aromatic rings. The Hall–Kier alpha value is -3.41. The van der Waals surface area contributed by atoms with Crippen LogP contribution in [0.5, 0.6) is 0 Å². The number of hydrogen-bond acceptors (Lipinski definition) is 4. The van der Waals surface area contributed by atoms with Crippen LogP contribution in [0.3, 0.4) is 0 Å². The second-order valence-corrected chi connectivity index (χ2v) is 5.40. The lowest BCUT2D eigenvalue weighted by Crippen LogP contribution is -1.97. The SMILES string of the molecule is Cc1cc([N-]c2nc(Nc3ccccc3)nc3ccccc23)n[nH]1. The van der Waals surface area contributed by atoms with Gasteiger partial charge in [-0.05, 0) is 31.2 Å². The summed E-state index contributed by atoms with van der Waals surface area (Å²) in [6, 6.07) is 19.5. The molecule has 2 aromatic heterocycles. The summed E-state index contributed by atoms with van der Waals surface area (Å²) in [5.41, 5.74) is 2.71. The fourth-order valence-corrected chi connectivity index (χ4v) is 2.42. The summed E-state index contributed by atoms with van der Waals surface area (Å²) in [7, 11) is 0. The van der Waals surface area contributed by atoms with E-state index in [0.29, 0.717) is 17.6 Å². The molecule has 0 spiro atoms. The Morgan fingerprint density at radius 2 is 1.75 bits per heavy atom. The molecule has 0 unspecified atom stereocenters. The molecule has 0 atom stereocenters. The fourth-order valence-electron chi connectivity index (χ4n) is 2.42. The van der Waals surface area contributed by atoms with Gasteiger partial charge in [0.05, 0.1) is 5.52 Å². The highest BCUT2D eigenvalue weighted by molar-refractivity contribution is 5.93. The summed E-state index contributed by atoms with van der Waals surface area (Å²) >= 11 is 0. The Morgan fingerprint density at radius 1 is 0.958 bits per heavy atom. The molecule has 118 valence electrons. The van der Waals surface area contributed by atoms with Gasteiger partial charge in [-0.1, -0.05) is 36.4 Å². The van der Waals surface area contributed by atoms with E-state index < -0.39 is 0 Å². The number of aromatic amines is 1. The van der Waals surface area contributed by atoms with Crippen LogP contribution in [0.2, 0.25) is 0 Å². The Labute approximate surface area is 139 Å². The number of aryl methyl sites for hydroxylation is 1. The summed E-state index contributed by atoms with van der Waals surface area (Å²) in [6.45, 7) is 1.94. The number of hydrogen-bond donors (Lipinski definition) is 2. The van der Waals surface area contributed by atoms with E-state index in [0.717, 1.165) is 22.3 Å². The van der Waals surface area contributed by atoms with Gasteiger partial charge >= 0.3 is 0 Å². The van der Waals surface area contributed by atoms with Crippen molar-refractivity contribution < 1.29 is 0 Å². The van der Waals surface area contributed by atoms with Gasteiger partial charge in [-0.2, -0.15) is 0 Å². The molecule has 2 heterocycles. The van der Waals surface area contributed by atoms with E-state index in [4.69, 9.17) is 0 Å². The van der Waals surface area contributed by atoms with Gasteiger partial charge in [0.1, 0.15) is 0 Å². The second kappa shape index (κ2) is 6.00. The fraction of sp³-hybridized carbons (Fsp3) is 0.0556. The molecule has 0 aliphatic carbocycles. The molecule has 0 saturated heterocycles. The average Bonchev–Trinajstić information content (AvgIpc) is 3.01. The van der Waals surface area contributed by atoms with E-state index in [1.165, 1.54) is 0 Å². The first-order chi connectivity index (χ1) is 11.8. The number of benzene rings is 2. The van der Waals surface area contributed by atoms with Crippen molar-refractivity contribution in [3.8, 4) is 0 Å². The Balaban J connectivity index is 1.75. The molecule has 24 heavy (non-hydrogen) atoms. The van der Waals surface area contributed by atoms with Gasteiger partial charge in [0.15, 0.2) is 5.95 Å². The topological polar surface area (TPSA) is 80.6 Å². The van der Waals surface area contributed by atoms with Crippen molar-refractivity contribution in [2.45, 2.75) is 6.92 Å². The minimum Gasteiger partial charge on any atom is -0.356 e. The standard InChI is InChI=1S/C18H15N6/c1-12-11-16(24-23-12)21-17-14-9-5-6-10-15(14)20-18(22-17)19-13-7-3-2-4-8-13/h2-11H,1H3,(H2-,19,20,21,22,23,24)/q-1. The first-order valence-corrected chi connectivity index (χ1v) is 7.60. The van der Waals surface area contributed by atoms with Crippen LogP contribution in [0.15, 0.2) is 60.7 Å². The van der Waals surface area contributed by atoms with E-state index in [1.807, 2.05) is 67.6 Å². The first-order valence-electron chi connectivity index (χ1n) is 7.60. The molecule has 0 aliphatic heterocycles. The molecule has 0 amide bonds. The molecule has 2 N–H and O–H groups in total. The first kappa shape index (κ1) is 14.2. The summed E-state index contributed by atoms with van der Waals surface area (Å²) in [5.74, 6) is 1.69. The quantitative estimate of drug-likeness (QED) is 0.570. The van der Waals surface area contributed by atoms with Crippen LogP contribution in [0.25, 0.3) is 16.2 Å². The molecule has 0 bridgehead atoms. The lowest BCUT2D eigenvalue weighted by atomic mass is 10.2. The maximum Gasteiger partial charge on any atom is 0.155 e. The van der Waals surface area contributed by atoms with Crippen LogP contribution in [0, 0.1) is 6.92 Å². The molecular formula is C18H15N6-. The van der Waals surface area contributed by atoms with Gasteiger partial charge in [0, 0.05) is 28.4 Å². The lowest BCUT2D eigenvalue weighted by Gasteiger charge is -2.16. The zero-order chi connectivity index (χ0) is 16.4. The number of H-pyrrole nitrogens is 1. The van der Waals surface area contributed by atoms with Crippen LogP contribution in [0.1, 0.15) is 5.69 Å². The number of nitrogens with one attached hydrogen (secondary N) is 2. The van der Waals surface area contributed by atoms with Crippen molar-refractivity contribution in [2.24, 2.45) is 0 Å². The van der Waals surface area contributed by atoms with Gasteiger partial charge in [-0.25, -0.2) is 4.98 Å². The van der Waals surface area contributed by atoms with Crippen LogP contribution < -0.4 is 5.32 Å². The zero-order valence-electron chi connectivity index (χ0n) is 13.1. The van der Waals surface area contributed by atoms with E-state index in [1.54, 1.807) is 0 Å². The third-order valence-corrected chi connectivity index (χ3v) is 3.53. The van der Waals surface area contributed by atoms with E-state index >= 15 is 0 Å². The number of rotatable bonds is 4. The molecule has 0 fully saturated rings. The van der Waals surface area contributed by atoms with Crippen LogP contribution in [0.4, 0.5) is 23.3 Å². The number of nitrogens with zero attached hydrogens (tertiary/aromatic N) is 4. The molecule has 0 saturated carbocycles. The molecule has 4 rings (SSSR count). The predicted molar refractivity (Wildman–Crippen MR) is 95.3 cm³/mol. The minimum atomic E-state index is 0.505. The number of aromatic nitrogens is 4. The highest BCUT2D eigenvalue weighted by atomic mass is 15.2. The molecule has 0 radical (unpaired) electrons. The van der Waals surface area contributed by atoms with E-state index in [9.17, 15) is 0 Å². The lowest BCUT2D eigenvalue weighted by molar-refractivity contribution is 1.05. The number of para-hydroxylation sites is 2. The maximum absolute atomic E-state index is 4.57. The average molecular weight is 315 g/mol. The van der Waals surface area contributed by atoms with Gasteiger partial charge in [-0.15, -0.1) is 0 Å². The summed E-state index contributed by atoms with van der Waals surface area (Å²) < 4.78 is 0. The van der Waals surface area contributed by atoms with E-state index in [2.05, 4.69) is 30.8 Å². The summed E-state index contributed by atoms with van der Waals surface area (Å²) in [5, 5.41) is 15.7.